The average molecular weight is 313 g/mol. The summed E-state index contributed by atoms with van der Waals surface area (Å²) in [6, 6.07) is -0.131. The molecular formula is C10H12BrF3N2O. The van der Waals surface area contributed by atoms with Gasteiger partial charge in [0.05, 0.1) is 6.33 Å². The molecule has 0 saturated heterocycles. The Morgan fingerprint density at radius 2 is 1.94 bits per heavy atom. The Labute approximate surface area is 105 Å². The second kappa shape index (κ2) is 5.20. The third kappa shape index (κ3) is 2.88. The van der Waals surface area contributed by atoms with Crippen molar-refractivity contribution in [3.63, 3.8) is 0 Å². The minimum atomic E-state index is -4.62. The Bertz CT molecular complexity index is 452. The molecule has 0 unspecified atom stereocenters. The maximum atomic E-state index is 12.5. The topological polar surface area (TPSA) is 34.9 Å². The molecule has 0 spiro atoms. The standard InChI is InChI=1S/C10H12BrF3N2O/c1-3-6(4-2)16-5-15-8(10(12,13)14)7(11)9(16)17/h5-6H,3-4H2,1-2H3. The summed E-state index contributed by atoms with van der Waals surface area (Å²) >= 11 is 2.68. The van der Waals surface area contributed by atoms with Crippen LogP contribution in [0, 0.1) is 0 Å². The van der Waals surface area contributed by atoms with E-state index in [4.69, 9.17) is 0 Å². The van der Waals surface area contributed by atoms with Crippen molar-refractivity contribution in [3.8, 4) is 0 Å². The summed E-state index contributed by atoms with van der Waals surface area (Å²) < 4.78 is 38.2. The van der Waals surface area contributed by atoms with Gasteiger partial charge in [-0.05, 0) is 28.8 Å². The van der Waals surface area contributed by atoms with Gasteiger partial charge in [-0.15, -0.1) is 0 Å². The van der Waals surface area contributed by atoms with E-state index in [1.54, 1.807) is 0 Å². The van der Waals surface area contributed by atoms with E-state index in [-0.39, 0.29) is 6.04 Å². The van der Waals surface area contributed by atoms with Crippen molar-refractivity contribution in [3.05, 3.63) is 26.8 Å². The smallest absolute Gasteiger partial charge is 0.295 e. The first kappa shape index (κ1) is 14.2. The molecule has 96 valence electrons. The van der Waals surface area contributed by atoms with Crippen molar-refractivity contribution in [2.75, 3.05) is 0 Å². The number of hydrogen-bond donors (Lipinski definition) is 0. The van der Waals surface area contributed by atoms with Crippen LogP contribution in [-0.2, 0) is 6.18 Å². The van der Waals surface area contributed by atoms with Crippen LogP contribution in [0.5, 0.6) is 0 Å². The van der Waals surface area contributed by atoms with Crippen molar-refractivity contribution < 1.29 is 13.2 Å². The molecule has 7 heteroatoms. The Balaban J connectivity index is 3.34. The van der Waals surface area contributed by atoms with Crippen LogP contribution in [0.3, 0.4) is 0 Å². The van der Waals surface area contributed by atoms with Crippen LogP contribution in [0.25, 0.3) is 0 Å². The maximum absolute atomic E-state index is 12.5. The number of nitrogens with zero attached hydrogens (tertiary/aromatic N) is 2. The predicted molar refractivity (Wildman–Crippen MR) is 60.8 cm³/mol. The van der Waals surface area contributed by atoms with Gasteiger partial charge in [-0.2, -0.15) is 13.2 Å². The maximum Gasteiger partial charge on any atom is 0.434 e. The normalized spacial score (nSPS) is 12.2. The van der Waals surface area contributed by atoms with Crippen molar-refractivity contribution in [2.45, 2.75) is 38.9 Å². The lowest BCUT2D eigenvalue weighted by Crippen LogP contribution is -2.28. The molecule has 0 radical (unpaired) electrons. The molecule has 3 nitrogen and oxygen atoms in total. The van der Waals surface area contributed by atoms with E-state index < -0.39 is 21.9 Å². The molecule has 0 N–H and O–H groups in total. The highest BCUT2D eigenvalue weighted by Gasteiger charge is 2.36. The van der Waals surface area contributed by atoms with E-state index in [1.807, 2.05) is 13.8 Å². The van der Waals surface area contributed by atoms with E-state index in [0.29, 0.717) is 12.8 Å². The summed E-state index contributed by atoms with van der Waals surface area (Å²) in [6.45, 7) is 3.73. The number of alkyl halides is 3. The lowest BCUT2D eigenvalue weighted by molar-refractivity contribution is -0.142. The van der Waals surface area contributed by atoms with Gasteiger partial charge in [-0.1, -0.05) is 13.8 Å². The summed E-state index contributed by atoms with van der Waals surface area (Å²) in [5.41, 5.74) is -1.87. The van der Waals surface area contributed by atoms with Crippen LogP contribution in [0.1, 0.15) is 38.4 Å². The second-order valence-corrected chi connectivity index (χ2v) is 4.38. The summed E-state index contributed by atoms with van der Waals surface area (Å²) in [5.74, 6) is 0. The Morgan fingerprint density at radius 3 is 2.35 bits per heavy atom. The first-order valence-electron chi connectivity index (χ1n) is 5.16. The molecule has 1 aromatic rings. The van der Waals surface area contributed by atoms with Gasteiger partial charge in [0.2, 0.25) is 0 Å². The van der Waals surface area contributed by atoms with Gasteiger partial charge in [-0.3, -0.25) is 9.36 Å². The summed E-state index contributed by atoms with van der Waals surface area (Å²) in [6.07, 6.45) is -2.33. The van der Waals surface area contributed by atoms with Crippen LogP contribution in [0.15, 0.2) is 15.6 Å². The first-order chi connectivity index (χ1) is 7.82. The molecule has 0 bridgehead atoms. The van der Waals surface area contributed by atoms with E-state index >= 15 is 0 Å². The highest BCUT2D eigenvalue weighted by molar-refractivity contribution is 9.10. The molecule has 1 aromatic heterocycles. The fourth-order valence-corrected chi connectivity index (χ4v) is 2.12. The largest absolute Gasteiger partial charge is 0.434 e. The molecule has 17 heavy (non-hydrogen) atoms. The minimum absolute atomic E-state index is 0.131. The molecule has 0 atom stereocenters. The molecule has 1 rings (SSSR count). The van der Waals surface area contributed by atoms with Crippen LogP contribution >= 0.6 is 15.9 Å². The van der Waals surface area contributed by atoms with Crippen LogP contribution in [0.2, 0.25) is 0 Å². The Morgan fingerprint density at radius 1 is 1.41 bits per heavy atom. The number of rotatable bonds is 3. The molecular weight excluding hydrogens is 301 g/mol. The SMILES string of the molecule is CCC(CC)n1cnc(C(F)(F)F)c(Br)c1=O. The van der Waals surface area contributed by atoms with Crippen LogP contribution in [0.4, 0.5) is 13.2 Å². The molecule has 0 aliphatic carbocycles. The van der Waals surface area contributed by atoms with Crippen molar-refractivity contribution >= 4 is 15.9 Å². The Hall–Kier alpha value is -0.850. The van der Waals surface area contributed by atoms with Crippen LogP contribution in [-0.4, -0.2) is 9.55 Å². The van der Waals surface area contributed by atoms with Gasteiger partial charge < -0.3 is 0 Å². The summed E-state index contributed by atoms with van der Waals surface area (Å²) in [4.78, 5) is 15.1. The predicted octanol–water partition coefficient (Wildman–Crippen LogP) is 3.39. The third-order valence-electron chi connectivity index (χ3n) is 2.55. The van der Waals surface area contributed by atoms with Gasteiger partial charge in [0.25, 0.3) is 5.56 Å². The van der Waals surface area contributed by atoms with Gasteiger partial charge in [-0.25, -0.2) is 4.98 Å². The summed E-state index contributed by atoms with van der Waals surface area (Å²) in [5, 5.41) is 0. The number of aromatic nitrogens is 2. The fraction of sp³-hybridized carbons (Fsp3) is 0.600. The molecule has 0 aliphatic heterocycles. The Kier molecular flexibility index (Phi) is 4.35. The zero-order chi connectivity index (χ0) is 13.2. The van der Waals surface area contributed by atoms with E-state index in [1.165, 1.54) is 4.57 Å². The van der Waals surface area contributed by atoms with Crippen LogP contribution < -0.4 is 5.56 Å². The van der Waals surface area contributed by atoms with Gasteiger partial charge in [0.15, 0.2) is 5.69 Å². The van der Waals surface area contributed by atoms with E-state index in [9.17, 15) is 18.0 Å². The molecule has 0 aromatic carbocycles. The fourth-order valence-electron chi connectivity index (χ4n) is 1.58. The van der Waals surface area contributed by atoms with Crippen molar-refractivity contribution in [1.82, 2.24) is 9.55 Å². The van der Waals surface area contributed by atoms with E-state index in [0.717, 1.165) is 6.33 Å². The third-order valence-corrected chi connectivity index (χ3v) is 3.26. The van der Waals surface area contributed by atoms with Gasteiger partial charge in [0.1, 0.15) is 4.47 Å². The summed E-state index contributed by atoms with van der Waals surface area (Å²) in [7, 11) is 0. The van der Waals surface area contributed by atoms with Crippen molar-refractivity contribution in [2.24, 2.45) is 0 Å². The minimum Gasteiger partial charge on any atom is -0.295 e. The molecule has 0 aliphatic rings. The molecule has 0 amide bonds. The average Bonchev–Trinajstić information content (AvgIpc) is 2.24. The highest BCUT2D eigenvalue weighted by Crippen LogP contribution is 2.31. The van der Waals surface area contributed by atoms with E-state index in [2.05, 4.69) is 20.9 Å². The van der Waals surface area contributed by atoms with Crippen molar-refractivity contribution in [1.29, 1.82) is 0 Å². The molecule has 1 heterocycles. The monoisotopic (exact) mass is 312 g/mol. The zero-order valence-corrected chi connectivity index (χ0v) is 11.0. The molecule has 0 saturated carbocycles. The number of halogens is 4. The van der Waals surface area contributed by atoms with Gasteiger partial charge >= 0.3 is 6.18 Å². The quantitative estimate of drug-likeness (QED) is 0.857. The lowest BCUT2D eigenvalue weighted by Gasteiger charge is -2.17. The number of hydrogen-bond acceptors (Lipinski definition) is 2. The first-order valence-corrected chi connectivity index (χ1v) is 5.96. The van der Waals surface area contributed by atoms with Gasteiger partial charge in [0, 0.05) is 6.04 Å². The molecule has 0 fully saturated rings. The highest BCUT2D eigenvalue weighted by atomic mass is 79.9. The lowest BCUT2D eigenvalue weighted by atomic mass is 10.2. The zero-order valence-electron chi connectivity index (χ0n) is 9.38. The second-order valence-electron chi connectivity index (χ2n) is 3.59.